The van der Waals surface area contributed by atoms with E-state index >= 15 is 0 Å². The lowest BCUT2D eigenvalue weighted by molar-refractivity contribution is -0.176. The number of carbonyl (C=O) groups is 2. The fourth-order valence-electron chi connectivity index (χ4n) is 2.84. The van der Waals surface area contributed by atoms with Crippen molar-refractivity contribution in [1.82, 2.24) is 21.2 Å². The molecule has 11 heteroatoms. The van der Waals surface area contributed by atoms with Crippen LogP contribution in [0.25, 0.3) is 10.6 Å². The predicted molar refractivity (Wildman–Crippen MR) is 122 cm³/mol. The van der Waals surface area contributed by atoms with Crippen LogP contribution < -0.4 is 16.2 Å². The number of hydrogen-bond acceptors (Lipinski definition) is 5. The van der Waals surface area contributed by atoms with Gasteiger partial charge in [-0.3, -0.25) is 10.2 Å². The number of thiazole rings is 1. The molecule has 34 heavy (non-hydrogen) atoms. The standard InChI is InChI=1S/C23H23F3N4O3S/c1-2-15-7-9-18(10-8-15)21-28-19(13-34-21)20(31)29-30-22(32)27-11-16-3-5-17(6-4-16)12-33-14-23(24,25)26/h3-10,13H,2,11-12,14H2,1H3,(H,29,31)(H2,27,30,32). The van der Waals surface area contributed by atoms with Gasteiger partial charge < -0.3 is 10.1 Å². The first-order chi connectivity index (χ1) is 16.2. The van der Waals surface area contributed by atoms with E-state index in [1.54, 1.807) is 29.6 Å². The van der Waals surface area contributed by atoms with Crippen molar-refractivity contribution in [3.05, 3.63) is 76.3 Å². The van der Waals surface area contributed by atoms with Gasteiger partial charge in [0.25, 0.3) is 5.91 Å². The third kappa shape index (κ3) is 7.85. The summed E-state index contributed by atoms with van der Waals surface area (Å²) in [5, 5.41) is 4.88. The van der Waals surface area contributed by atoms with E-state index in [0.717, 1.165) is 17.5 Å². The number of benzene rings is 2. The monoisotopic (exact) mass is 492 g/mol. The van der Waals surface area contributed by atoms with Gasteiger partial charge in [-0.2, -0.15) is 13.2 Å². The Hall–Kier alpha value is -3.44. The highest BCUT2D eigenvalue weighted by atomic mass is 32.1. The summed E-state index contributed by atoms with van der Waals surface area (Å²) in [6, 6.07) is 13.8. The highest BCUT2D eigenvalue weighted by Crippen LogP contribution is 2.24. The van der Waals surface area contributed by atoms with E-state index < -0.39 is 24.7 Å². The van der Waals surface area contributed by atoms with Crippen molar-refractivity contribution in [3.8, 4) is 10.6 Å². The van der Waals surface area contributed by atoms with E-state index in [9.17, 15) is 22.8 Å². The summed E-state index contributed by atoms with van der Waals surface area (Å²) in [6.45, 7) is 0.750. The Labute approximate surface area is 198 Å². The van der Waals surface area contributed by atoms with E-state index in [1.807, 2.05) is 24.3 Å². The zero-order chi connectivity index (χ0) is 24.6. The Bertz CT molecular complexity index is 1100. The lowest BCUT2D eigenvalue weighted by Crippen LogP contribution is -2.46. The molecular weight excluding hydrogens is 469 g/mol. The number of nitrogens with one attached hydrogen (secondary N) is 3. The molecule has 1 heterocycles. The van der Waals surface area contributed by atoms with E-state index in [0.29, 0.717) is 10.6 Å². The fraction of sp³-hybridized carbons (Fsp3) is 0.261. The maximum atomic E-state index is 12.3. The number of urea groups is 1. The Balaban J connectivity index is 1.41. The molecular formula is C23H23F3N4O3S. The van der Waals surface area contributed by atoms with Crippen molar-refractivity contribution < 1.29 is 27.5 Å². The highest BCUT2D eigenvalue weighted by Gasteiger charge is 2.27. The number of nitrogens with zero attached hydrogens (tertiary/aromatic N) is 1. The Morgan fingerprint density at radius 2 is 1.62 bits per heavy atom. The Kier molecular flexibility index (Phi) is 8.61. The van der Waals surface area contributed by atoms with Gasteiger partial charge in [-0.15, -0.1) is 11.3 Å². The topological polar surface area (TPSA) is 92.4 Å². The summed E-state index contributed by atoms with van der Waals surface area (Å²) in [6.07, 6.45) is -3.43. The molecule has 0 fully saturated rings. The minimum absolute atomic E-state index is 0.153. The van der Waals surface area contributed by atoms with Crippen LogP contribution in [0.2, 0.25) is 0 Å². The normalized spacial score (nSPS) is 11.2. The van der Waals surface area contributed by atoms with Crippen LogP contribution in [0.5, 0.6) is 0 Å². The molecule has 0 unspecified atom stereocenters. The number of aryl methyl sites for hydroxylation is 1. The largest absolute Gasteiger partial charge is 0.411 e. The number of carbonyl (C=O) groups excluding carboxylic acids is 2. The summed E-state index contributed by atoms with van der Waals surface area (Å²) >= 11 is 1.33. The van der Waals surface area contributed by atoms with Crippen molar-refractivity contribution in [2.75, 3.05) is 6.61 Å². The number of hydrazine groups is 1. The molecule has 0 saturated carbocycles. The molecule has 1 aromatic heterocycles. The zero-order valence-corrected chi connectivity index (χ0v) is 19.1. The molecule has 0 aliphatic carbocycles. The second-order valence-corrected chi connectivity index (χ2v) is 8.13. The molecule has 0 aliphatic heterocycles. The van der Waals surface area contributed by atoms with Gasteiger partial charge >= 0.3 is 12.2 Å². The van der Waals surface area contributed by atoms with Gasteiger partial charge in [0.1, 0.15) is 17.3 Å². The summed E-state index contributed by atoms with van der Waals surface area (Å²) < 4.78 is 40.9. The lowest BCUT2D eigenvalue weighted by Gasteiger charge is -2.10. The molecule has 2 aromatic carbocycles. The molecule has 0 atom stereocenters. The minimum atomic E-state index is -4.37. The van der Waals surface area contributed by atoms with E-state index in [1.165, 1.54) is 16.9 Å². The van der Waals surface area contributed by atoms with E-state index in [2.05, 4.69) is 32.8 Å². The lowest BCUT2D eigenvalue weighted by atomic mass is 10.1. The maximum Gasteiger partial charge on any atom is 0.411 e. The van der Waals surface area contributed by atoms with Gasteiger partial charge in [0.15, 0.2) is 0 Å². The molecule has 7 nitrogen and oxygen atoms in total. The minimum Gasteiger partial charge on any atom is -0.367 e. The van der Waals surface area contributed by atoms with Gasteiger partial charge in [-0.05, 0) is 23.1 Å². The third-order valence-electron chi connectivity index (χ3n) is 4.65. The molecule has 0 bridgehead atoms. The highest BCUT2D eigenvalue weighted by molar-refractivity contribution is 7.13. The van der Waals surface area contributed by atoms with Crippen LogP contribution in [0.4, 0.5) is 18.0 Å². The van der Waals surface area contributed by atoms with Crippen LogP contribution >= 0.6 is 11.3 Å². The van der Waals surface area contributed by atoms with Gasteiger partial charge in [-0.1, -0.05) is 55.5 Å². The molecule has 0 radical (unpaired) electrons. The van der Waals surface area contributed by atoms with Crippen LogP contribution in [0.3, 0.4) is 0 Å². The van der Waals surface area contributed by atoms with Gasteiger partial charge in [0, 0.05) is 17.5 Å². The van der Waals surface area contributed by atoms with E-state index in [4.69, 9.17) is 0 Å². The van der Waals surface area contributed by atoms with Crippen molar-refractivity contribution >= 4 is 23.3 Å². The van der Waals surface area contributed by atoms with Crippen LogP contribution in [-0.4, -0.2) is 29.7 Å². The molecule has 3 amide bonds. The first-order valence-electron chi connectivity index (χ1n) is 10.3. The molecule has 3 rings (SSSR count). The quantitative estimate of drug-likeness (QED) is 0.401. The number of aromatic nitrogens is 1. The third-order valence-corrected chi connectivity index (χ3v) is 5.54. The van der Waals surface area contributed by atoms with Crippen LogP contribution in [0.15, 0.2) is 53.9 Å². The summed E-state index contributed by atoms with van der Waals surface area (Å²) in [5.74, 6) is -0.550. The summed E-state index contributed by atoms with van der Waals surface area (Å²) in [7, 11) is 0. The molecule has 0 aliphatic rings. The second-order valence-electron chi connectivity index (χ2n) is 7.27. The predicted octanol–water partition coefficient (Wildman–Crippen LogP) is 4.60. The number of hydrogen-bond donors (Lipinski definition) is 3. The molecule has 3 aromatic rings. The molecule has 180 valence electrons. The van der Waals surface area contributed by atoms with Crippen molar-refractivity contribution in [1.29, 1.82) is 0 Å². The average molecular weight is 493 g/mol. The smallest absolute Gasteiger partial charge is 0.367 e. The number of ether oxygens (including phenoxy) is 1. The van der Waals surface area contributed by atoms with Crippen molar-refractivity contribution in [3.63, 3.8) is 0 Å². The number of amides is 3. The fourth-order valence-corrected chi connectivity index (χ4v) is 3.64. The van der Waals surface area contributed by atoms with E-state index in [-0.39, 0.29) is 18.8 Å². The summed E-state index contributed by atoms with van der Waals surface area (Å²) in [5.41, 5.74) is 8.15. The molecule has 0 spiro atoms. The molecule has 3 N–H and O–H groups in total. The second kappa shape index (κ2) is 11.6. The average Bonchev–Trinajstić information content (AvgIpc) is 3.32. The van der Waals surface area contributed by atoms with Gasteiger partial charge in [0.05, 0.1) is 6.61 Å². The van der Waals surface area contributed by atoms with Crippen LogP contribution in [-0.2, 0) is 24.3 Å². The Morgan fingerprint density at radius 3 is 2.26 bits per heavy atom. The van der Waals surface area contributed by atoms with Crippen LogP contribution in [0, 0.1) is 0 Å². The SMILES string of the molecule is CCc1ccc(-c2nc(C(=O)NNC(=O)NCc3ccc(COCC(F)(F)F)cc3)cs2)cc1. The summed E-state index contributed by atoms with van der Waals surface area (Å²) in [4.78, 5) is 28.5. The van der Waals surface area contributed by atoms with Crippen LogP contribution in [0.1, 0.15) is 34.1 Å². The first-order valence-corrected chi connectivity index (χ1v) is 11.2. The zero-order valence-electron chi connectivity index (χ0n) is 18.2. The van der Waals surface area contributed by atoms with Gasteiger partial charge in [0.2, 0.25) is 0 Å². The molecule has 0 saturated heterocycles. The maximum absolute atomic E-state index is 12.3. The number of rotatable bonds is 8. The first kappa shape index (κ1) is 25.2. The number of alkyl halides is 3. The van der Waals surface area contributed by atoms with Crippen molar-refractivity contribution in [2.45, 2.75) is 32.7 Å². The van der Waals surface area contributed by atoms with Crippen molar-refractivity contribution in [2.24, 2.45) is 0 Å². The van der Waals surface area contributed by atoms with Gasteiger partial charge in [-0.25, -0.2) is 15.2 Å². The number of halogens is 3. The Morgan fingerprint density at radius 1 is 0.971 bits per heavy atom.